The average Bonchev–Trinajstić information content (AvgIpc) is 2.46. The number of hydrogen-bond acceptors (Lipinski definition) is 4. The molecule has 0 aromatic heterocycles. The van der Waals surface area contributed by atoms with E-state index in [0.29, 0.717) is 23.9 Å². The largest absolute Gasteiger partial charge is 0.399 e. The molecule has 1 fully saturated rings. The third-order valence-corrected chi connectivity index (χ3v) is 6.40. The normalized spacial score (nSPS) is 17.0. The van der Waals surface area contributed by atoms with Crippen LogP contribution >= 0.6 is 11.8 Å². The number of nitrogens with two attached hydrogens (primary N) is 1. The Hall–Kier alpha value is -0.720. The van der Waals surface area contributed by atoms with Crippen molar-refractivity contribution in [2.75, 3.05) is 23.8 Å². The molecule has 3 N–H and O–H groups in total. The summed E-state index contributed by atoms with van der Waals surface area (Å²) in [6.07, 6.45) is 6.07. The van der Waals surface area contributed by atoms with Crippen LogP contribution in [0.25, 0.3) is 0 Å². The van der Waals surface area contributed by atoms with Crippen molar-refractivity contribution in [2.24, 2.45) is 5.92 Å². The number of rotatable bonds is 7. The molecule has 0 atom stereocenters. The third kappa shape index (κ3) is 6.28. The minimum Gasteiger partial charge on any atom is -0.399 e. The van der Waals surface area contributed by atoms with Crippen molar-refractivity contribution in [1.29, 1.82) is 0 Å². The van der Waals surface area contributed by atoms with Crippen molar-refractivity contribution < 1.29 is 8.42 Å². The van der Waals surface area contributed by atoms with Crippen LogP contribution in [0.15, 0.2) is 29.2 Å². The van der Waals surface area contributed by atoms with Crippen LogP contribution in [0, 0.1) is 5.92 Å². The SMILES string of the molecule is Nc1cccc(SCCS(=O)(=O)NCC2CCCCC2)c1. The first-order valence-electron chi connectivity index (χ1n) is 7.51. The van der Waals surface area contributed by atoms with Crippen LogP contribution in [-0.2, 0) is 10.0 Å². The summed E-state index contributed by atoms with van der Waals surface area (Å²) in [6.45, 7) is 0.602. The highest BCUT2D eigenvalue weighted by atomic mass is 32.2. The van der Waals surface area contributed by atoms with Gasteiger partial charge in [-0.25, -0.2) is 13.1 Å². The lowest BCUT2D eigenvalue weighted by Crippen LogP contribution is -2.32. The summed E-state index contributed by atoms with van der Waals surface area (Å²) in [6, 6.07) is 7.52. The second-order valence-corrected chi connectivity index (χ2v) is 8.69. The highest BCUT2D eigenvalue weighted by molar-refractivity contribution is 8.00. The minimum atomic E-state index is -3.16. The van der Waals surface area contributed by atoms with E-state index in [1.165, 1.54) is 31.0 Å². The molecular weight excluding hydrogens is 304 g/mol. The van der Waals surface area contributed by atoms with E-state index in [1.54, 1.807) is 0 Å². The van der Waals surface area contributed by atoms with Crippen LogP contribution < -0.4 is 10.5 Å². The molecule has 0 unspecified atom stereocenters. The topological polar surface area (TPSA) is 72.2 Å². The summed E-state index contributed by atoms with van der Waals surface area (Å²) in [4.78, 5) is 1.01. The molecular formula is C15H24N2O2S2. The number of anilines is 1. The molecule has 118 valence electrons. The van der Waals surface area contributed by atoms with Gasteiger partial charge in [0.1, 0.15) is 0 Å². The Balaban J connectivity index is 1.70. The molecule has 1 aliphatic carbocycles. The molecule has 6 heteroatoms. The van der Waals surface area contributed by atoms with Gasteiger partial charge in [0.05, 0.1) is 5.75 Å². The van der Waals surface area contributed by atoms with Crippen molar-refractivity contribution in [2.45, 2.75) is 37.0 Å². The molecule has 2 rings (SSSR count). The standard InChI is InChI=1S/C15H24N2O2S2/c16-14-7-4-8-15(11-14)20-9-10-21(18,19)17-12-13-5-2-1-3-6-13/h4,7-8,11,13,17H,1-3,5-6,9-10,12,16H2. The van der Waals surface area contributed by atoms with Crippen LogP contribution in [-0.4, -0.2) is 26.5 Å². The van der Waals surface area contributed by atoms with E-state index in [9.17, 15) is 8.42 Å². The maximum absolute atomic E-state index is 12.0. The summed E-state index contributed by atoms with van der Waals surface area (Å²) in [5, 5.41) is 0. The van der Waals surface area contributed by atoms with Gasteiger partial charge in [-0.1, -0.05) is 25.3 Å². The van der Waals surface area contributed by atoms with Crippen LogP contribution in [0.2, 0.25) is 0 Å². The summed E-state index contributed by atoms with van der Waals surface area (Å²) < 4.78 is 26.7. The van der Waals surface area contributed by atoms with E-state index < -0.39 is 10.0 Å². The first kappa shape index (κ1) is 16.6. The van der Waals surface area contributed by atoms with Gasteiger partial charge in [-0.05, 0) is 37.0 Å². The van der Waals surface area contributed by atoms with Crippen LogP contribution in [0.1, 0.15) is 32.1 Å². The molecule has 0 aliphatic heterocycles. The third-order valence-electron chi connectivity index (χ3n) is 3.80. The number of sulfonamides is 1. The Morgan fingerprint density at radius 1 is 1.24 bits per heavy atom. The second kappa shape index (κ2) is 8.06. The van der Waals surface area contributed by atoms with Crippen molar-refractivity contribution >= 4 is 27.5 Å². The predicted molar refractivity (Wildman–Crippen MR) is 89.9 cm³/mol. The Kier molecular flexibility index (Phi) is 6.39. The molecule has 1 aromatic carbocycles. The molecule has 1 aromatic rings. The highest BCUT2D eigenvalue weighted by Gasteiger charge is 2.17. The zero-order chi connectivity index (χ0) is 15.1. The van der Waals surface area contributed by atoms with Gasteiger partial charge in [-0.15, -0.1) is 11.8 Å². The number of thioether (sulfide) groups is 1. The second-order valence-electron chi connectivity index (χ2n) is 5.59. The Morgan fingerprint density at radius 3 is 2.71 bits per heavy atom. The molecule has 4 nitrogen and oxygen atoms in total. The Bertz CT molecular complexity index is 540. The monoisotopic (exact) mass is 328 g/mol. The van der Waals surface area contributed by atoms with Gasteiger partial charge in [0.25, 0.3) is 0 Å². The van der Waals surface area contributed by atoms with Gasteiger partial charge in [0.2, 0.25) is 10.0 Å². The first-order valence-corrected chi connectivity index (χ1v) is 10.1. The lowest BCUT2D eigenvalue weighted by molar-refractivity contribution is 0.357. The van der Waals surface area contributed by atoms with E-state index in [1.807, 2.05) is 24.3 Å². The Labute approximate surface area is 131 Å². The Morgan fingerprint density at radius 2 is 2.00 bits per heavy atom. The summed E-state index contributed by atoms with van der Waals surface area (Å²) in [5.74, 6) is 1.22. The number of benzene rings is 1. The van der Waals surface area contributed by atoms with E-state index in [0.717, 1.165) is 17.7 Å². The lowest BCUT2D eigenvalue weighted by Gasteiger charge is -2.21. The lowest BCUT2D eigenvalue weighted by atomic mass is 9.90. The minimum absolute atomic E-state index is 0.152. The molecule has 0 spiro atoms. The predicted octanol–water partition coefficient (Wildman–Crippen LogP) is 2.86. The zero-order valence-corrected chi connectivity index (χ0v) is 13.9. The van der Waals surface area contributed by atoms with Gasteiger partial charge in [0, 0.05) is 22.9 Å². The van der Waals surface area contributed by atoms with Crippen molar-refractivity contribution in [1.82, 2.24) is 4.72 Å². The molecule has 0 radical (unpaired) electrons. The van der Waals surface area contributed by atoms with E-state index in [2.05, 4.69) is 4.72 Å². The van der Waals surface area contributed by atoms with Gasteiger partial charge in [-0.3, -0.25) is 0 Å². The molecule has 0 bridgehead atoms. The van der Waals surface area contributed by atoms with Crippen molar-refractivity contribution in [3.63, 3.8) is 0 Å². The van der Waals surface area contributed by atoms with Gasteiger partial charge in [0.15, 0.2) is 0 Å². The maximum atomic E-state index is 12.0. The van der Waals surface area contributed by atoms with E-state index in [-0.39, 0.29) is 5.75 Å². The number of nitrogens with one attached hydrogen (secondary N) is 1. The van der Waals surface area contributed by atoms with Crippen LogP contribution in [0.5, 0.6) is 0 Å². The quantitative estimate of drug-likeness (QED) is 0.596. The van der Waals surface area contributed by atoms with Crippen LogP contribution in [0.4, 0.5) is 5.69 Å². The van der Waals surface area contributed by atoms with Gasteiger partial charge < -0.3 is 5.73 Å². The molecule has 1 saturated carbocycles. The van der Waals surface area contributed by atoms with Gasteiger partial charge >= 0.3 is 0 Å². The summed E-state index contributed by atoms with van der Waals surface area (Å²) >= 11 is 1.52. The molecule has 21 heavy (non-hydrogen) atoms. The fraction of sp³-hybridized carbons (Fsp3) is 0.600. The highest BCUT2D eigenvalue weighted by Crippen LogP contribution is 2.23. The fourth-order valence-corrected chi connectivity index (χ4v) is 5.06. The van der Waals surface area contributed by atoms with Crippen molar-refractivity contribution in [3.05, 3.63) is 24.3 Å². The van der Waals surface area contributed by atoms with Gasteiger partial charge in [-0.2, -0.15) is 0 Å². The first-order chi connectivity index (χ1) is 10.1. The molecule has 0 heterocycles. The maximum Gasteiger partial charge on any atom is 0.212 e. The summed E-state index contributed by atoms with van der Waals surface area (Å²) in [5.41, 5.74) is 6.41. The average molecular weight is 329 g/mol. The van der Waals surface area contributed by atoms with E-state index >= 15 is 0 Å². The van der Waals surface area contributed by atoms with E-state index in [4.69, 9.17) is 5.73 Å². The smallest absolute Gasteiger partial charge is 0.212 e. The molecule has 1 aliphatic rings. The molecule has 0 amide bonds. The molecule has 0 saturated heterocycles. The fourth-order valence-electron chi connectivity index (χ4n) is 2.58. The van der Waals surface area contributed by atoms with Crippen molar-refractivity contribution in [3.8, 4) is 0 Å². The number of hydrogen-bond donors (Lipinski definition) is 2. The summed E-state index contributed by atoms with van der Waals surface area (Å²) in [7, 11) is -3.16. The zero-order valence-electron chi connectivity index (χ0n) is 12.3. The van der Waals surface area contributed by atoms with Crippen LogP contribution in [0.3, 0.4) is 0 Å². The number of nitrogen functional groups attached to an aromatic ring is 1.